The first-order valence-corrected chi connectivity index (χ1v) is 8.02. The second-order valence-corrected chi connectivity index (χ2v) is 6.29. The number of hydrogen-bond donors (Lipinski definition) is 0. The van der Waals surface area contributed by atoms with Gasteiger partial charge >= 0.3 is 0 Å². The maximum absolute atomic E-state index is 5.90. The smallest absolute Gasteiger partial charge is 0.0406 e. The zero-order chi connectivity index (χ0) is 13.8. The summed E-state index contributed by atoms with van der Waals surface area (Å²) in [6, 6.07) is 17.5. The normalized spacial score (nSPS) is 15.1. The van der Waals surface area contributed by atoms with Gasteiger partial charge in [-0.3, -0.25) is 0 Å². The summed E-state index contributed by atoms with van der Waals surface area (Å²) in [6.45, 7) is 0. The second kappa shape index (κ2) is 6.45. The van der Waals surface area contributed by atoms with Crippen molar-refractivity contribution in [3.63, 3.8) is 0 Å². The van der Waals surface area contributed by atoms with Crippen molar-refractivity contribution in [2.24, 2.45) is 0 Å². The molecule has 104 valence electrons. The predicted octanol–water partition coefficient (Wildman–Crippen LogP) is 5.78. The number of benzene rings is 2. The van der Waals surface area contributed by atoms with E-state index in [-0.39, 0.29) is 0 Å². The summed E-state index contributed by atoms with van der Waals surface area (Å²) >= 11 is 5.90. The summed E-state index contributed by atoms with van der Waals surface area (Å²) < 4.78 is 0. The Morgan fingerprint density at radius 1 is 0.800 bits per heavy atom. The van der Waals surface area contributed by atoms with Crippen molar-refractivity contribution in [3.05, 3.63) is 70.2 Å². The third-order valence-corrected chi connectivity index (χ3v) is 4.65. The molecular weight excluding hydrogens is 264 g/mol. The highest BCUT2D eigenvalue weighted by molar-refractivity contribution is 6.30. The zero-order valence-electron chi connectivity index (χ0n) is 11.8. The van der Waals surface area contributed by atoms with Crippen molar-refractivity contribution in [1.29, 1.82) is 0 Å². The molecular formula is C19H21Cl. The van der Waals surface area contributed by atoms with E-state index in [2.05, 4.69) is 36.4 Å². The number of rotatable bonds is 5. The first-order chi connectivity index (χ1) is 9.81. The summed E-state index contributed by atoms with van der Waals surface area (Å²) in [6.07, 6.45) is 7.67. The van der Waals surface area contributed by atoms with E-state index in [0.29, 0.717) is 0 Å². The van der Waals surface area contributed by atoms with Crippen LogP contribution in [0.3, 0.4) is 0 Å². The van der Waals surface area contributed by atoms with Crippen LogP contribution in [0.15, 0.2) is 48.5 Å². The van der Waals surface area contributed by atoms with Gasteiger partial charge in [-0.25, -0.2) is 0 Å². The van der Waals surface area contributed by atoms with Crippen LogP contribution in [0.4, 0.5) is 0 Å². The molecule has 3 rings (SSSR count). The van der Waals surface area contributed by atoms with E-state index in [9.17, 15) is 0 Å². The third kappa shape index (κ3) is 3.43. The maximum atomic E-state index is 5.90. The molecule has 0 atom stereocenters. The fraction of sp³-hybridized carbons (Fsp3) is 0.368. The van der Waals surface area contributed by atoms with Crippen molar-refractivity contribution in [1.82, 2.24) is 0 Å². The molecule has 1 heteroatoms. The molecule has 2 aromatic carbocycles. The lowest BCUT2D eigenvalue weighted by molar-refractivity contribution is 0.419. The van der Waals surface area contributed by atoms with E-state index in [1.807, 2.05) is 12.1 Å². The minimum atomic E-state index is 0.820. The van der Waals surface area contributed by atoms with Gasteiger partial charge in [0.15, 0.2) is 0 Å². The molecule has 0 spiro atoms. The fourth-order valence-corrected chi connectivity index (χ4v) is 2.97. The summed E-state index contributed by atoms with van der Waals surface area (Å²) in [5.41, 5.74) is 4.38. The summed E-state index contributed by atoms with van der Waals surface area (Å²) in [7, 11) is 0. The van der Waals surface area contributed by atoms with Crippen LogP contribution in [-0.2, 0) is 12.8 Å². The molecule has 0 N–H and O–H groups in total. The lowest BCUT2D eigenvalue weighted by Gasteiger charge is -2.25. The molecule has 0 nitrogen and oxygen atoms in total. The van der Waals surface area contributed by atoms with E-state index in [1.165, 1.54) is 42.4 Å². The summed E-state index contributed by atoms with van der Waals surface area (Å²) in [4.78, 5) is 0. The Hall–Kier alpha value is -1.27. The molecule has 0 heterocycles. The average Bonchev–Trinajstić information content (AvgIpc) is 2.41. The average molecular weight is 285 g/mol. The van der Waals surface area contributed by atoms with Gasteiger partial charge in [0.25, 0.3) is 0 Å². The van der Waals surface area contributed by atoms with Crippen molar-refractivity contribution in [3.8, 4) is 0 Å². The van der Waals surface area contributed by atoms with Crippen LogP contribution in [0.2, 0.25) is 5.02 Å². The Balaban J connectivity index is 1.49. The molecule has 0 saturated heterocycles. The molecule has 2 aromatic rings. The predicted molar refractivity (Wildman–Crippen MR) is 86.5 cm³/mol. The van der Waals surface area contributed by atoms with Crippen LogP contribution in [0.25, 0.3) is 0 Å². The monoisotopic (exact) mass is 284 g/mol. The quantitative estimate of drug-likeness (QED) is 0.652. The molecule has 0 aromatic heterocycles. The lowest BCUT2D eigenvalue weighted by atomic mass is 9.80. The molecule has 1 saturated carbocycles. The molecule has 20 heavy (non-hydrogen) atoms. The number of hydrogen-bond acceptors (Lipinski definition) is 0. The molecule has 1 aliphatic carbocycles. The largest absolute Gasteiger partial charge is 0.0843 e. The van der Waals surface area contributed by atoms with Crippen molar-refractivity contribution in [2.75, 3.05) is 0 Å². The van der Waals surface area contributed by atoms with Gasteiger partial charge in [-0.05, 0) is 66.8 Å². The van der Waals surface area contributed by atoms with Crippen molar-refractivity contribution < 1.29 is 0 Å². The number of halogens is 1. The van der Waals surface area contributed by atoms with E-state index in [1.54, 1.807) is 0 Å². The zero-order valence-corrected chi connectivity index (χ0v) is 12.6. The Bertz CT molecular complexity index is 535. The first-order valence-electron chi connectivity index (χ1n) is 7.64. The van der Waals surface area contributed by atoms with Crippen molar-refractivity contribution in [2.45, 2.75) is 44.4 Å². The van der Waals surface area contributed by atoms with Gasteiger partial charge in [-0.2, -0.15) is 0 Å². The molecule has 0 unspecified atom stereocenters. The molecule has 0 bridgehead atoms. The van der Waals surface area contributed by atoms with Gasteiger partial charge in [-0.15, -0.1) is 0 Å². The maximum Gasteiger partial charge on any atom is 0.0406 e. The second-order valence-electron chi connectivity index (χ2n) is 5.85. The Morgan fingerprint density at radius 3 is 1.85 bits per heavy atom. The minimum absolute atomic E-state index is 0.820. The van der Waals surface area contributed by atoms with Crippen LogP contribution in [0.5, 0.6) is 0 Å². The highest BCUT2D eigenvalue weighted by Crippen LogP contribution is 2.36. The molecule has 1 fully saturated rings. The van der Waals surface area contributed by atoms with Gasteiger partial charge < -0.3 is 0 Å². The van der Waals surface area contributed by atoms with Crippen LogP contribution in [-0.4, -0.2) is 0 Å². The topological polar surface area (TPSA) is 0 Å². The molecule has 0 amide bonds. The van der Waals surface area contributed by atoms with Crippen LogP contribution >= 0.6 is 11.6 Å². The van der Waals surface area contributed by atoms with Gasteiger partial charge in [0.2, 0.25) is 0 Å². The van der Waals surface area contributed by atoms with Crippen LogP contribution < -0.4 is 0 Å². The van der Waals surface area contributed by atoms with E-state index in [0.717, 1.165) is 23.8 Å². The third-order valence-electron chi connectivity index (χ3n) is 4.40. The van der Waals surface area contributed by atoms with E-state index >= 15 is 0 Å². The highest BCUT2D eigenvalue weighted by atomic mass is 35.5. The summed E-state index contributed by atoms with van der Waals surface area (Å²) in [5.74, 6) is 0.845. The number of aryl methyl sites for hydroxylation is 2. The standard InChI is InChI=1S/C19H21Cl/c20-19-13-9-16(10-14-19)4-1-3-15-7-11-18(12-8-15)17-5-2-6-17/h7-14,17H,1-6H2. The summed E-state index contributed by atoms with van der Waals surface area (Å²) in [5, 5.41) is 0.820. The minimum Gasteiger partial charge on any atom is -0.0843 e. The van der Waals surface area contributed by atoms with Gasteiger partial charge in [-0.1, -0.05) is 54.4 Å². The Morgan fingerprint density at radius 2 is 1.35 bits per heavy atom. The van der Waals surface area contributed by atoms with E-state index in [4.69, 9.17) is 11.6 Å². The van der Waals surface area contributed by atoms with Crippen LogP contribution in [0, 0.1) is 0 Å². The van der Waals surface area contributed by atoms with Gasteiger partial charge in [0, 0.05) is 5.02 Å². The Labute approximate surface area is 126 Å². The lowest BCUT2D eigenvalue weighted by Crippen LogP contribution is -2.08. The van der Waals surface area contributed by atoms with E-state index < -0.39 is 0 Å². The fourth-order valence-electron chi connectivity index (χ4n) is 2.85. The molecule has 0 radical (unpaired) electrons. The molecule has 0 aliphatic heterocycles. The highest BCUT2D eigenvalue weighted by Gasteiger charge is 2.18. The SMILES string of the molecule is Clc1ccc(CCCc2ccc(C3CCC3)cc2)cc1. The van der Waals surface area contributed by atoms with Crippen LogP contribution in [0.1, 0.15) is 48.3 Å². The Kier molecular flexibility index (Phi) is 4.42. The van der Waals surface area contributed by atoms with Gasteiger partial charge in [0.1, 0.15) is 0 Å². The van der Waals surface area contributed by atoms with Gasteiger partial charge in [0.05, 0.1) is 0 Å². The first kappa shape index (κ1) is 13.7. The van der Waals surface area contributed by atoms with Crippen molar-refractivity contribution >= 4 is 11.6 Å². The molecule has 1 aliphatic rings.